The molecule has 122 valence electrons. The molecule has 7 nitrogen and oxygen atoms in total. The number of pyridine rings is 1. The van der Waals surface area contributed by atoms with Crippen LogP contribution in [-0.4, -0.2) is 26.4 Å². The molecule has 0 fully saturated rings. The minimum Gasteiger partial charge on any atom is -0.366 e. The minimum absolute atomic E-state index is 0.0344. The van der Waals surface area contributed by atoms with E-state index in [1.807, 2.05) is 0 Å². The zero-order valence-electron chi connectivity index (χ0n) is 12.9. The lowest BCUT2D eigenvalue weighted by atomic mass is 10.1. The maximum atomic E-state index is 12.3. The van der Waals surface area contributed by atoms with E-state index in [1.54, 1.807) is 19.9 Å². The molecule has 1 amide bonds. The predicted octanol–water partition coefficient (Wildman–Crippen LogP) is 1.15. The van der Waals surface area contributed by atoms with Crippen molar-refractivity contribution in [1.82, 2.24) is 9.71 Å². The van der Waals surface area contributed by atoms with Crippen LogP contribution in [0.5, 0.6) is 0 Å². The van der Waals surface area contributed by atoms with E-state index in [4.69, 9.17) is 0 Å². The monoisotopic (exact) mass is 335 g/mol. The van der Waals surface area contributed by atoms with Crippen molar-refractivity contribution in [2.24, 2.45) is 0 Å². The molecule has 0 aliphatic heterocycles. The maximum absolute atomic E-state index is 12.3. The normalized spacial score (nSPS) is 11.3. The van der Waals surface area contributed by atoms with Crippen LogP contribution >= 0.6 is 0 Å². The Labute approximate surface area is 133 Å². The van der Waals surface area contributed by atoms with Crippen molar-refractivity contribution >= 4 is 21.6 Å². The molecule has 0 saturated heterocycles. The third kappa shape index (κ3) is 3.49. The molecule has 23 heavy (non-hydrogen) atoms. The summed E-state index contributed by atoms with van der Waals surface area (Å²) in [6, 6.07) is 4.16. The van der Waals surface area contributed by atoms with Crippen LogP contribution in [0, 0.1) is 13.8 Å². The number of sulfonamides is 1. The molecule has 0 aliphatic rings. The maximum Gasteiger partial charge on any atom is 0.255 e. The van der Waals surface area contributed by atoms with Crippen molar-refractivity contribution in [2.75, 3.05) is 12.4 Å². The number of amides is 1. The number of carbonyl (C=O) groups is 1. The number of aromatic nitrogens is 1. The molecule has 0 saturated carbocycles. The summed E-state index contributed by atoms with van der Waals surface area (Å²) in [5.74, 6) is -0.558. The standard InChI is InChI=1S/C15H17N3O4S/c1-9-6-11(7-14(10(9)2)23(21,22)16-3)15(20)18-12-8-17-5-4-13(12)19/h4-8,16H,1-3H3,(H,17,19)(H,18,20). The van der Waals surface area contributed by atoms with Crippen molar-refractivity contribution in [1.29, 1.82) is 0 Å². The molecule has 0 unspecified atom stereocenters. The lowest BCUT2D eigenvalue weighted by Crippen LogP contribution is -2.22. The second-order valence-corrected chi connectivity index (χ2v) is 6.86. The number of hydrogen-bond acceptors (Lipinski definition) is 4. The van der Waals surface area contributed by atoms with Gasteiger partial charge in [-0.25, -0.2) is 13.1 Å². The number of anilines is 1. The molecule has 1 aromatic carbocycles. The first-order valence-electron chi connectivity index (χ1n) is 6.79. The summed E-state index contributed by atoms with van der Waals surface area (Å²) >= 11 is 0. The molecule has 0 bridgehead atoms. The molecule has 0 aliphatic carbocycles. The van der Waals surface area contributed by atoms with Gasteiger partial charge in [-0.15, -0.1) is 0 Å². The van der Waals surface area contributed by atoms with Crippen LogP contribution in [0.25, 0.3) is 0 Å². The Morgan fingerprint density at radius 2 is 1.91 bits per heavy atom. The van der Waals surface area contributed by atoms with E-state index in [2.05, 4.69) is 15.0 Å². The molecule has 0 radical (unpaired) electrons. The second kappa shape index (κ2) is 6.35. The number of H-pyrrole nitrogens is 1. The summed E-state index contributed by atoms with van der Waals surface area (Å²) in [5.41, 5.74) is 1.13. The van der Waals surface area contributed by atoms with E-state index in [0.717, 1.165) is 0 Å². The summed E-state index contributed by atoms with van der Waals surface area (Å²) in [7, 11) is -2.38. The zero-order chi connectivity index (χ0) is 17.2. The fourth-order valence-electron chi connectivity index (χ4n) is 2.06. The number of aromatic amines is 1. The van der Waals surface area contributed by atoms with Crippen LogP contribution in [0.1, 0.15) is 21.5 Å². The minimum atomic E-state index is -3.69. The van der Waals surface area contributed by atoms with Gasteiger partial charge in [0.15, 0.2) is 0 Å². The Morgan fingerprint density at radius 3 is 2.52 bits per heavy atom. The SMILES string of the molecule is CNS(=O)(=O)c1cc(C(=O)Nc2c[nH]ccc2=O)cc(C)c1C. The van der Waals surface area contributed by atoms with Gasteiger partial charge in [0.2, 0.25) is 15.5 Å². The highest BCUT2D eigenvalue weighted by atomic mass is 32.2. The van der Waals surface area contributed by atoms with E-state index in [1.165, 1.54) is 31.6 Å². The molecule has 0 spiro atoms. The Bertz CT molecular complexity index is 917. The fourth-order valence-corrected chi connectivity index (χ4v) is 3.12. The Morgan fingerprint density at radius 1 is 1.22 bits per heavy atom. The Balaban J connectivity index is 2.46. The van der Waals surface area contributed by atoms with E-state index in [-0.39, 0.29) is 21.6 Å². The molecule has 2 aromatic rings. The Kier molecular flexibility index (Phi) is 4.67. The topological polar surface area (TPSA) is 108 Å². The van der Waals surface area contributed by atoms with Crippen LogP contribution in [0.3, 0.4) is 0 Å². The van der Waals surface area contributed by atoms with Crippen LogP contribution < -0.4 is 15.5 Å². The van der Waals surface area contributed by atoms with E-state index in [0.29, 0.717) is 11.1 Å². The molecule has 1 aromatic heterocycles. The van der Waals surface area contributed by atoms with Crippen molar-refractivity contribution in [3.8, 4) is 0 Å². The molecular formula is C15H17N3O4S. The summed E-state index contributed by atoms with van der Waals surface area (Å²) in [4.78, 5) is 26.7. The highest BCUT2D eigenvalue weighted by Crippen LogP contribution is 2.21. The largest absolute Gasteiger partial charge is 0.366 e. The van der Waals surface area contributed by atoms with Crippen LogP contribution in [0.15, 0.2) is 40.3 Å². The van der Waals surface area contributed by atoms with Gasteiger partial charge in [0.05, 0.1) is 4.90 Å². The molecule has 1 heterocycles. The number of rotatable bonds is 4. The molecule has 2 rings (SSSR count). The van der Waals surface area contributed by atoms with Gasteiger partial charge in [-0.3, -0.25) is 9.59 Å². The highest BCUT2D eigenvalue weighted by Gasteiger charge is 2.19. The van der Waals surface area contributed by atoms with Crippen molar-refractivity contribution < 1.29 is 13.2 Å². The van der Waals surface area contributed by atoms with Crippen LogP contribution in [-0.2, 0) is 10.0 Å². The Hall–Kier alpha value is -2.45. The average Bonchev–Trinajstić information content (AvgIpc) is 2.51. The highest BCUT2D eigenvalue weighted by molar-refractivity contribution is 7.89. The lowest BCUT2D eigenvalue weighted by molar-refractivity contribution is 0.102. The summed E-state index contributed by atoms with van der Waals surface area (Å²) in [5, 5.41) is 2.47. The van der Waals surface area contributed by atoms with Crippen LogP contribution in [0.4, 0.5) is 5.69 Å². The van der Waals surface area contributed by atoms with Gasteiger partial charge in [0.25, 0.3) is 5.91 Å². The molecule has 8 heteroatoms. The van der Waals surface area contributed by atoms with E-state index < -0.39 is 15.9 Å². The number of carbonyl (C=O) groups excluding carboxylic acids is 1. The van der Waals surface area contributed by atoms with Crippen LogP contribution in [0.2, 0.25) is 0 Å². The van der Waals surface area contributed by atoms with Crippen molar-refractivity contribution in [3.05, 3.63) is 57.5 Å². The van der Waals surface area contributed by atoms with Gasteiger partial charge >= 0.3 is 0 Å². The third-order valence-corrected chi connectivity index (χ3v) is 5.05. The van der Waals surface area contributed by atoms with Crippen molar-refractivity contribution in [2.45, 2.75) is 18.7 Å². The number of aryl methyl sites for hydroxylation is 1. The lowest BCUT2D eigenvalue weighted by Gasteiger charge is -2.12. The quantitative estimate of drug-likeness (QED) is 0.779. The first-order valence-corrected chi connectivity index (χ1v) is 8.28. The van der Waals surface area contributed by atoms with Gasteiger partial charge in [0, 0.05) is 24.0 Å². The van der Waals surface area contributed by atoms with Gasteiger partial charge in [-0.1, -0.05) is 0 Å². The first kappa shape index (κ1) is 16.9. The summed E-state index contributed by atoms with van der Waals surface area (Å²) in [6.07, 6.45) is 2.82. The van der Waals surface area contributed by atoms with Crippen molar-refractivity contribution in [3.63, 3.8) is 0 Å². The smallest absolute Gasteiger partial charge is 0.255 e. The first-order chi connectivity index (χ1) is 10.8. The van der Waals surface area contributed by atoms with Gasteiger partial charge in [-0.2, -0.15) is 0 Å². The van der Waals surface area contributed by atoms with Gasteiger partial charge in [-0.05, 0) is 44.2 Å². The second-order valence-electron chi connectivity index (χ2n) is 5.00. The van der Waals surface area contributed by atoms with Gasteiger partial charge < -0.3 is 10.3 Å². The number of hydrogen-bond donors (Lipinski definition) is 3. The van der Waals surface area contributed by atoms with Gasteiger partial charge in [0.1, 0.15) is 5.69 Å². The molecular weight excluding hydrogens is 318 g/mol. The third-order valence-electron chi connectivity index (χ3n) is 3.51. The molecule has 3 N–H and O–H groups in total. The van der Waals surface area contributed by atoms with E-state index in [9.17, 15) is 18.0 Å². The fraction of sp³-hybridized carbons (Fsp3) is 0.200. The molecule has 0 atom stereocenters. The van der Waals surface area contributed by atoms with E-state index >= 15 is 0 Å². The summed E-state index contributed by atoms with van der Waals surface area (Å²) in [6.45, 7) is 3.39. The average molecular weight is 335 g/mol. The summed E-state index contributed by atoms with van der Waals surface area (Å²) < 4.78 is 26.4. The number of benzene rings is 1. The zero-order valence-corrected chi connectivity index (χ0v) is 13.7. The predicted molar refractivity (Wildman–Crippen MR) is 87.2 cm³/mol. The number of nitrogens with one attached hydrogen (secondary N) is 3.